The number of allylic oxidation sites excluding steroid dienone is 3. The average molecular weight is 286 g/mol. The first kappa shape index (κ1) is 15.9. The first-order chi connectivity index (χ1) is 9.87. The second-order valence-electron chi connectivity index (χ2n) is 6.62. The summed E-state index contributed by atoms with van der Waals surface area (Å²) in [6.45, 7) is 11.4. The van der Waals surface area contributed by atoms with Gasteiger partial charge in [0, 0.05) is 12.8 Å². The van der Waals surface area contributed by atoms with Crippen LogP contribution in [0.15, 0.2) is 23.8 Å². The van der Waals surface area contributed by atoms with Crippen LogP contribution in [0, 0.1) is 29.6 Å². The number of rotatable bonds is 4. The van der Waals surface area contributed by atoms with Gasteiger partial charge < -0.3 is 4.74 Å². The third kappa shape index (κ3) is 3.59. The summed E-state index contributed by atoms with van der Waals surface area (Å²) in [5.41, 5.74) is 2.20. The molecule has 0 amide bonds. The summed E-state index contributed by atoms with van der Waals surface area (Å²) in [6.07, 6.45) is 6.93. The number of hydrogen-bond donors (Lipinski definition) is 0. The Morgan fingerprint density at radius 2 is 2.19 bits per heavy atom. The molecule has 0 aromatic rings. The minimum Gasteiger partial charge on any atom is -0.446 e. The molecular weight excluding hydrogens is 260 g/mol. The predicted octanol–water partition coefficient (Wildman–Crippen LogP) is 4.27. The van der Waals surface area contributed by atoms with Crippen molar-refractivity contribution in [2.75, 3.05) is 0 Å². The van der Waals surface area contributed by atoms with Gasteiger partial charge in [0.2, 0.25) is 0 Å². The number of esters is 1. The molecule has 0 aromatic heterocycles. The second-order valence-corrected chi connectivity index (χ2v) is 6.62. The molecule has 2 unspecified atom stereocenters. The van der Waals surface area contributed by atoms with Crippen LogP contribution in [-0.4, -0.2) is 11.6 Å². The van der Waals surface area contributed by atoms with E-state index in [9.17, 15) is 4.79 Å². The van der Waals surface area contributed by atoms with Crippen LogP contribution in [0.4, 0.5) is 0 Å². The van der Waals surface area contributed by atoms with Crippen molar-refractivity contribution >= 4 is 5.97 Å². The Kier molecular flexibility index (Phi) is 4.61. The van der Waals surface area contributed by atoms with E-state index in [1.54, 1.807) is 6.92 Å². The van der Waals surface area contributed by atoms with E-state index >= 15 is 0 Å². The van der Waals surface area contributed by atoms with Crippen LogP contribution in [0.25, 0.3) is 0 Å². The van der Waals surface area contributed by atoms with E-state index in [-0.39, 0.29) is 5.97 Å². The van der Waals surface area contributed by atoms with E-state index in [1.807, 2.05) is 6.92 Å². The van der Waals surface area contributed by atoms with E-state index < -0.39 is 5.60 Å². The van der Waals surface area contributed by atoms with Crippen LogP contribution in [-0.2, 0) is 9.53 Å². The first-order valence-corrected chi connectivity index (χ1v) is 7.85. The molecule has 1 saturated carbocycles. The summed E-state index contributed by atoms with van der Waals surface area (Å²) in [5.74, 6) is 7.32. The van der Waals surface area contributed by atoms with Gasteiger partial charge in [-0.2, -0.15) is 0 Å². The largest absolute Gasteiger partial charge is 0.446 e. The zero-order valence-corrected chi connectivity index (χ0v) is 13.7. The highest BCUT2D eigenvalue weighted by atomic mass is 16.6. The Bertz CT molecular complexity index is 532. The maximum Gasteiger partial charge on any atom is 0.304 e. The van der Waals surface area contributed by atoms with Gasteiger partial charge >= 0.3 is 5.97 Å². The molecule has 2 heteroatoms. The van der Waals surface area contributed by atoms with Crippen LogP contribution < -0.4 is 0 Å². The molecule has 0 radical (unpaired) electrons. The molecule has 2 aliphatic carbocycles. The van der Waals surface area contributed by atoms with Crippen molar-refractivity contribution in [3.8, 4) is 11.8 Å². The predicted molar refractivity (Wildman–Crippen MR) is 85.5 cm³/mol. The molecule has 4 atom stereocenters. The Morgan fingerprint density at radius 1 is 1.48 bits per heavy atom. The smallest absolute Gasteiger partial charge is 0.304 e. The van der Waals surface area contributed by atoms with Crippen molar-refractivity contribution in [2.45, 2.75) is 59.0 Å². The molecule has 0 aromatic carbocycles. The van der Waals surface area contributed by atoms with Gasteiger partial charge in [0.1, 0.15) is 0 Å². The Morgan fingerprint density at radius 3 is 2.67 bits per heavy atom. The van der Waals surface area contributed by atoms with Crippen LogP contribution in [0.5, 0.6) is 0 Å². The SMILES string of the molecule is C=C(C)C1CC=C([C@@H]2C[C@H]2C(C)(C#CC)OC(C)=O)CC1. The molecule has 2 rings (SSSR count). The molecule has 2 aliphatic rings. The standard InChI is InChI=1S/C19H26O2/c1-6-11-19(5,21-14(4)20)18-12-17(18)16-9-7-15(8-10-16)13(2)3/h9,15,17-18H,2,7-8,10,12H2,1,3-5H3/t15?,17-,18+,19?/m0/s1. The molecule has 0 spiro atoms. The highest BCUT2D eigenvalue weighted by molar-refractivity contribution is 5.67. The first-order valence-electron chi connectivity index (χ1n) is 7.85. The van der Waals surface area contributed by atoms with E-state index in [0.717, 1.165) is 19.3 Å². The Labute approximate surface area is 128 Å². The maximum atomic E-state index is 11.4. The summed E-state index contributed by atoms with van der Waals surface area (Å²) < 4.78 is 5.53. The summed E-state index contributed by atoms with van der Waals surface area (Å²) >= 11 is 0. The van der Waals surface area contributed by atoms with Gasteiger partial charge in [-0.15, -0.1) is 5.92 Å². The molecule has 0 N–H and O–H groups in total. The minimum atomic E-state index is -0.628. The van der Waals surface area contributed by atoms with Gasteiger partial charge in [-0.3, -0.25) is 4.79 Å². The maximum absolute atomic E-state index is 11.4. The van der Waals surface area contributed by atoms with Gasteiger partial charge in [0.15, 0.2) is 5.60 Å². The molecule has 0 bridgehead atoms. The number of hydrogen-bond acceptors (Lipinski definition) is 2. The van der Waals surface area contributed by atoms with Crippen LogP contribution >= 0.6 is 0 Å². The van der Waals surface area contributed by atoms with Crippen molar-refractivity contribution in [1.82, 2.24) is 0 Å². The number of carbonyl (C=O) groups is 1. The summed E-state index contributed by atoms with van der Waals surface area (Å²) in [7, 11) is 0. The fourth-order valence-corrected chi connectivity index (χ4v) is 3.59. The van der Waals surface area contributed by atoms with E-state index in [1.165, 1.54) is 24.5 Å². The van der Waals surface area contributed by atoms with Crippen molar-refractivity contribution in [3.63, 3.8) is 0 Å². The summed E-state index contributed by atoms with van der Waals surface area (Å²) in [4.78, 5) is 11.4. The minimum absolute atomic E-state index is 0.245. The van der Waals surface area contributed by atoms with Gasteiger partial charge in [-0.25, -0.2) is 0 Å². The Balaban J connectivity index is 2.04. The normalized spacial score (nSPS) is 30.3. The molecular formula is C19H26O2. The Hall–Kier alpha value is -1.49. The van der Waals surface area contributed by atoms with Gasteiger partial charge in [-0.1, -0.05) is 29.7 Å². The monoisotopic (exact) mass is 286 g/mol. The molecule has 2 nitrogen and oxygen atoms in total. The van der Waals surface area contributed by atoms with E-state index in [2.05, 4.69) is 31.4 Å². The van der Waals surface area contributed by atoms with Crippen molar-refractivity contribution in [2.24, 2.45) is 17.8 Å². The quantitative estimate of drug-likeness (QED) is 0.438. The van der Waals surface area contributed by atoms with Gasteiger partial charge in [0.25, 0.3) is 0 Å². The molecule has 114 valence electrons. The second kappa shape index (κ2) is 6.10. The van der Waals surface area contributed by atoms with Crippen molar-refractivity contribution in [1.29, 1.82) is 0 Å². The lowest BCUT2D eigenvalue weighted by molar-refractivity contribution is -0.151. The summed E-state index contributed by atoms with van der Waals surface area (Å²) in [5, 5.41) is 0. The van der Waals surface area contributed by atoms with Crippen molar-refractivity contribution < 1.29 is 9.53 Å². The van der Waals surface area contributed by atoms with Crippen LogP contribution in [0.2, 0.25) is 0 Å². The van der Waals surface area contributed by atoms with E-state index in [4.69, 9.17) is 4.74 Å². The van der Waals surface area contributed by atoms with Crippen LogP contribution in [0.3, 0.4) is 0 Å². The summed E-state index contributed by atoms with van der Waals surface area (Å²) in [6, 6.07) is 0. The number of carbonyl (C=O) groups excluding carboxylic acids is 1. The third-order valence-electron chi connectivity index (χ3n) is 4.85. The zero-order valence-electron chi connectivity index (χ0n) is 13.7. The molecule has 0 aliphatic heterocycles. The third-order valence-corrected chi connectivity index (χ3v) is 4.85. The molecule has 21 heavy (non-hydrogen) atoms. The number of ether oxygens (including phenoxy) is 1. The lowest BCUT2D eigenvalue weighted by Crippen LogP contribution is -2.32. The van der Waals surface area contributed by atoms with Crippen LogP contribution in [0.1, 0.15) is 53.4 Å². The fraction of sp³-hybridized carbons (Fsp3) is 0.632. The van der Waals surface area contributed by atoms with Crippen molar-refractivity contribution in [3.05, 3.63) is 23.8 Å². The molecule has 1 fully saturated rings. The fourth-order valence-electron chi connectivity index (χ4n) is 3.59. The topological polar surface area (TPSA) is 26.3 Å². The highest BCUT2D eigenvalue weighted by Crippen LogP contribution is 2.54. The highest BCUT2D eigenvalue weighted by Gasteiger charge is 2.53. The van der Waals surface area contributed by atoms with Gasteiger partial charge in [-0.05, 0) is 58.3 Å². The average Bonchev–Trinajstić information content (AvgIpc) is 3.19. The lowest BCUT2D eigenvalue weighted by atomic mass is 9.83. The van der Waals surface area contributed by atoms with Gasteiger partial charge in [0.05, 0.1) is 0 Å². The molecule has 0 saturated heterocycles. The lowest BCUT2D eigenvalue weighted by Gasteiger charge is -2.26. The van der Waals surface area contributed by atoms with E-state index in [0.29, 0.717) is 17.8 Å². The zero-order chi connectivity index (χ0) is 15.6. The molecule has 0 heterocycles.